The number of hydrogen-bond acceptors (Lipinski definition) is 4. The molecule has 3 N–H and O–H groups in total. The minimum absolute atomic E-state index is 0. The minimum Gasteiger partial charge on any atom is -0.469 e. The van der Waals surface area contributed by atoms with Crippen molar-refractivity contribution < 1.29 is 14.3 Å². The lowest BCUT2D eigenvalue weighted by Gasteiger charge is -2.24. The number of ether oxygens (including phenoxy) is 1. The van der Waals surface area contributed by atoms with Gasteiger partial charge in [-0.15, -0.1) is 12.4 Å². The van der Waals surface area contributed by atoms with Gasteiger partial charge in [0, 0.05) is 6.04 Å². The maximum atomic E-state index is 11.9. The van der Waals surface area contributed by atoms with Gasteiger partial charge in [0.25, 0.3) is 0 Å². The summed E-state index contributed by atoms with van der Waals surface area (Å²) in [4.78, 5) is 22.9. The molecular formula is C11H21ClN2O3. The molecule has 0 aromatic carbocycles. The van der Waals surface area contributed by atoms with Crippen molar-refractivity contribution in [3.63, 3.8) is 0 Å². The van der Waals surface area contributed by atoms with Crippen molar-refractivity contribution in [1.82, 2.24) is 5.32 Å². The number of methoxy groups -OCH3 is 1. The predicted octanol–water partition coefficient (Wildman–Crippen LogP) is 0.747. The molecule has 0 bridgehead atoms. The molecule has 1 rings (SSSR count). The van der Waals surface area contributed by atoms with Crippen LogP contribution in [-0.2, 0) is 14.3 Å². The number of nitrogens with one attached hydrogen (secondary N) is 1. The average molecular weight is 265 g/mol. The molecule has 0 spiro atoms. The number of nitrogens with two attached hydrogens (primary N) is 1. The molecule has 0 aliphatic heterocycles. The highest BCUT2D eigenvalue weighted by molar-refractivity contribution is 5.87. The third-order valence-corrected chi connectivity index (χ3v) is 3.03. The van der Waals surface area contributed by atoms with Crippen molar-refractivity contribution in [3.05, 3.63) is 0 Å². The second-order valence-electron chi connectivity index (χ2n) is 4.52. The minimum atomic E-state index is -0.732. The summed E-state index contributed by atoms with van der Waals surface area (Å²) in [5.74, 6) is -0.480. The Morgan fingerprint density at radius 3 is 2.41 bits per heavy atom. The molecule has 0 radical (unpaired) electrons. The largest absolute Gasteiger partial charge is 0.469 e. The topological polar surface area (TPSA) is 81.4 Å². The number of esters is 1. The third kappa shape index (κ3) is 4.52. The fraction of sp³-hybridized carbons (Fsp3) is 0.818. The van der Waals surface area contributed by atoms with Crippen LogP contribution < -0.4 is 11.1 Å². The first kappa shape index (κ1) is 16.2. The monoisotopic (exact) mass is 264 g/mol. The van der Waals surface area contributed by atoms with Crippen molar-refractivity contribution in [2.24, 2.45) is 5.73 Å². The van der Waals surface area contributed by atoms with Gasteiger partial charge in [0.15, 0.2) is 0 Å². The first-order chi connectivity index (χ1) is 7.48. The highest BCUT2D eigenvalue weighted by Gasteiger charge is 2.37. The molecule has 1 amide bonds. The zero-order chi connectivity index (χ0) is 12.2. The first-order valence-corrected chi connectivity index (χ1v) is 5.64. The van der Waals surface area contributed by atoms with Crippen molar-refractivity contribution in [3.8, 4) is 0 Å². The Kier molecular flexibility index (Phi) is 6.49. The van der Waals surface area contributed by atoms with E-state index in [4.69, 9.17) is 5.73 Å². The van der Waals surface area contributed by atoms with Crippen LogP contribution >= 0.6 is 12.4 Å². The first-order valence-electron chi connectivity index (χ1n) is 5.64. The van der Waals surface area contributed by atoms with Gasteiger partial charge < -0.3 is 15.8 Å². The van der Waals surface area contributed by atoms with Crippen LogP contribution in [0.4, 0.5) is 0 Å². The lowest BCUT2D eigenvalue weighted by molar-refractivity contribution is -0.141. The van der Waals surface area contributed by atoms with Gasteiger partial charge >= 0.3 is 5.97 Å². The fourth-order valence-corrected chi connectivity index (χ4v) is 1.98. The Morgan fingerprint density at radius 2 is 1.94 bits per heavy atom. The standard InChI is InChI=1S/C11H20N2O3.ClH/c1-8(7-9(14)16-2)13-10(15)11(12)5-3-4-6-11;/h8H,3-7,12H2,1-2H3,(H,13,15);1H. The van der Waals surface area contributed by atoms with Crippen LogP contribution in [-0.4, -0.2) is 30.6 Å². The number of halogens is 1. The lowest BCUT2D eigenvalue weighted by Crippen LogP contribution is -2.54. The van der Waals surface area contributed by atoms with E-state index in [1.807, 2.05) is 0 Å². The molecule has 0 heterocycles. The SMILES string of the molecule is COC(=O)CC(C)NC(=O)C1(N)CCCC1.Cl. The maximum absolute atomic E-state index is 11.9. The van der Waals surface area contributed by atoms with Gasteiger partial charge in [-0.25, -0.2) is 0 Å². The predicted molar refractivity (Wildman–Crippen MR) is 66.9 cm³/mol. The molecule has 100 valence electrons. The van der Waals surface area contributed by atoms with E-state index < -0.39 is 5.54 Å². The molecule has 5 nitrogen and oxygen atoms in total. The second-order valence-corrected chi connectivity index (χ2v) is 4.52. The quantitative estimate of drug-likeness (QED) is 0.734. The van der Waals surface area contributed by atoms with E-state index in [9.17, 15) is 9.59 Å². The van der Waals surface area contributed by atoms with Gasteiger partial charge in [0.05, 0.1) is 19.1 Å². The summed E-state index contributed by atoms with van der Waals surface area (Å²) in [6.45, 7) is 1.77. The van der Waals surface area contributed by atoms with Gasteiger partial charge in [-0.1, -0.05) is 12.8 Å². The normalized spacial score (nSPS) is 19.0. The third-order valence-electron chi connectivity index (χ3n) is 3.03. The van der Waals surface area contributed by atoms with Crippen LogP contribution in [0.15, 0.2) is 0 Å². The van der Waals surface area contributed by atoms with E-state index in [2.05, 4.69) is 10.1 Å². The van der Waals surface area contributed by atoms with Gasteiger partial charge in [-0.05, 0) is 19.8 Å². The van der Waals surface area contributed by atoms with E-state index in [1.54, 1.807) is 6.92 Å². The highest BCUT2D eigenvalue weighted by Crippen LogP contribution is 2.27. The van der Waals surface area contributed by atoms with E-state index in [1.165, 1.54) is 7.11 Å². The van der Waals surface area contributed by atoms with Crippen LogP contribution in [0.1, 0.15) is 39.0 Å². The number of carbonyl (C=O) groups excluding carboxylic acids is 2. The molecule has 0 saturated heterocycles. The van der Waals surface area contributed by atoms with Crippen LogP contribution in [0, 0.1) is 0 Å². The molecule has 1 aliphatic rings. The van der Waals surface area contributed by atoms with E-state index in [0.717, 1.165) is 25.7 Å². The summed E-state index contributed by atoms with van der Waals surface area (Å²) in [6, 6.07) is -0.235. The Balaban J connectivity index is 0.00000256. The molecule has 1 aliphatic carbocycles. The van der Waals surface area contributed by atoms with Crippen molar-refractivity contribution in [1.29, 1.82) is 0 Å². The second kappa shape index (κ2) is 6.81. The zero-order valence-electron chi connectivity index (χ0n) is 10.3. The number of carbonyl (C=O) groups is 2. The van der Waals surface area contributed by atoms with E-state index in [-0.39, 0.29) is 36.7 Å². The highest BCUT2D eigenvalue weighted by atomic mass is 35.5. The molecule has 1 fully saturated rings. The van der Waals surface area contributed by atoms with Gasteiger partial charge in [-0.2, -0.15) is 0 Å². The average Bonchev–Trinajstić information content (AvgIpc) is 2.66. The van der Waals surface area contributed by atoms with Gasteiger partial charge in [0.2, 0.25) is 5.91 Å². The van der Waals surface area contributed by atoms with Crippen LogP contribution in [0.2, 0.25) is 0 Å². The Morgan fingerprint density at radius 1 is 1.41 bits per heavy atom. The smallest absolute Gasteiger partial charge is 0.307 e. The summed E-state index contributed by atoms with van der Waals surface area (Å²) in [7, 11) is 1.33. The molecule has 6 heteroatoms. The fourth-order valence-electron chi connectivity index (χ4n) is 1.98. The summed E-state index contributed by atoms with van der Waals surface area (Å²) in [5, 5.41) is 2.76. The number of hydrogen-bond donors (Lipinski definition) is 2. The molecule has 0 aromatic heterocycles. The molecule has 1 saturated carbocycles. The summed E-state index contributed by atoms with van der Waals surface area (Å²) in [5.41, 5.74) is 5.25. The lowest BCUT2D eigenvalue weighted by atomic mass is 9.97. The molecule has 17 heavy (non-hydrogen) atoms. The van der Waals surface area contributed by atoms with E-state index >= 15 is 0 Å². The summed E-state index contributed by atoms with van der Waals surface area (Å²) in [6.07, 6.45) is 3.62. The Hall–Kier alpha value is -0.810. The van der Waals surface area contributed by atoms with Crippen LogP contribution in [0.25, 0.3) is 0 Å². The number of amides is 1. The molecule has 0 aromatic rings. The van der Waals surface area contributed by atoms with Gasteiger partial charge in [0.1, 0.15) is 0 Å². The molecule has 1 unspecified atom stereocenters. The summed E-state index contributed by atoms with van der Waals surface area (Å²) >= 11 is 0. The summed E-state index contributed by atoms with van der Waals surface area (Å²) < 4.78 is 4.53. The maximum Gasteiger partial charge on any atom is 0.307 e. The van der Waals surface area contributed by atoms with Crippen molar-refractivity contribution in [2.45, 2.75) is 50.6 Å². The molecule has 1 atom stereocenters. The zero-order valence-corrected chi connectivity index (χ0v) is 11.1. The van der Waals surface area contributed by atoms with Gasteiger partial charge in [-0.3, -0.25) is 9.59 Å². The van der Waals surface area contributed by atoms with Crippen molar-refractivity contribution >= 4 is 24.3 Å². The molecular weight excluding hydrogens is 244 g/mol. The van der Waals surface area contributed by atoms with Crippen molar-refractivity contribution in [2.75, 3.05) is 7.11 Å². The Bertz CT molecular complexity index is 278. The van der Waals surface area contributed by atoms with Crippen LogP contribution in [0.5, 0.6) is 0 Å². The Labute approximate surface area is 108 Å². The van der Waals surface area contributed by atoms with Crippen LogP contribution in [0.3, 0.4) is 0 Å². The number of rotatable bonds is 4. The van der Waals surface area contributed by atoms with E-state index in [0.29, 0.717) is 0 Å².